The first-order valence-corrected chi connectivity index (χ1v) is 5.44. The summed E-state index contributed by atoms with van der Waals surface area (Å²) in [6, 6.07) is 2.39. The molecule has 0 bridgehead atoms. The molecule has 0 spiro atoms. The minimum absolute atomic E-state index is 0.773. The molecule has 0 aromatic rings. The van der Waals surface area contributed by atoms with E-state index in [9.17, 15) is 0 Å². The van der Waals surface area contributed by atoms with E-state index in [1.807, 2.05) is 0 Å². The highest BCUT2D eigenvalue weighted by molar-refractivity contribution is 4.82. The number of rotatable bonds is 2. The first-order chi connectivity index (χ1) is 5.66. The van der Waals surface area contributed by atoms with Crippen LogP contribution in [0.2, 0.25) is 0 Å². The fraction of sp³-hybridized carbons (Fsp3) is 1.00. The third-order valence-corrected chi connectivity index (χ3v) is 3.36. The van der Waals surface area contributed by atoms with Gasteiger partial charge in [-0.05, 0) is 40.0 Å². The zero-order valence-electron chi connectivity index (χ0n) is 9.01. The summed E-state index contributed by atoms with van der Waals surface area (Å²) in [5.41, 5.74) is 0. The Morgan fingerprint density at radius 1 is 1.25 bits per heavy atom. The van der Waals surface area contributed by atoms with Crippen LogP contribution in [0.4, 0.5) is 0 Å². The Morgan fingerprint density at radius 2 is 1.75 bits per heavy atom. The molecule has 1 fully saturated rings. The van der Waals surface area contributed by atoms with Crippen molar-refractivity contribution in [1.29, 1.82) is 0 Å². The lowest BCUT2D eigenvalue weighted by molar-refractivity contribution is 0.0610. The lowest BCUT2D eigenvalue weighted by Crippen LogP contribution is -2.48. The highest BCUT2D eigenvalue weighted by atomic mass is 15.2. The number of nitrogens with zero attached hydrogens (tertiary/aromatic N) is 1. The Hall–Kier alpha value is -0.0400. The summed E-state index contributed by atoms with van der Waals surface area (Å²) in [5.74, 6) is 0. The van der Waals surface area contributed by atoms with Gasteiger partial charge in [0.2, 0.25) is 0 Å². The Bertz CT molecular complexity index is 117. The van der Waals surface area contributed by atoms with Crippen LogP contribution in [0.25, 0.3) is 0 Å². The molecule has 72 valence electrons. The van der Waals surface area contributed by atoms with E-state index < -0.39 is 0 Å². The van der Waals surface area contributed by atoms with Crippen LogP contribution in [0, 0.1) is 0 Å². The molecule has 1 rings (SSSR count). The maximum absolute atomic E-state index is 2.70. The highest BCUT2D eigenvalue weighted by Gasteiger charge is 2.27. The largest absolute Gasteiger partial charge is 0.295 e. The Labute approximate surface area is 77.1 Å². The lowest BCUT2D eigenvalue weighted by Gasteiger charge is -2.42. The van der Waals surface area contributed by atoms with E-state index in [0.717, 1.165) is 18.1 Å². The van der Waals surface area contributed by atoms with E-state index in [4.69, 9.17) is 0 Å². The van der Waals surface area contributed by atoms with Gasteiger partial charge in [0.15, 0.2) is 0 Å². The molecule has 0 amide bonds. The SMILES string of the molecule is CCC(C)N1C(C)CCCC1C. The monoisotopic (exact) mass is 169 g/mol. The van der Waals surface area contributed by atoms with Crippen LogP contribution in [-0.2, 0) is 0 Å². The maximum Gasteiger partial charge on any atom is 0.00725 e. The van der Waals surface area contributed by atoms with Crippen LogP contribution in [0.3, 0.4) is 0 Å². The molecule has 0 radical (unpaired) electrons. The predicted molar refractivity (Wildman–Crippen MR) is 54.4 cm³/mol. The minimum Gasteiger partial charge on any atom is -0.295 e. The van der Waals surface area contributed by atoms with Gasteiger partial charge in [0.1, 0.15) is 0 Å². The molecule has 0 saturated carbocycles. The van der Waals surface area contributed by atoms with Crippen molar-refractivity contribution < 1.29 is 0 Å². The second-order valence-corrected chi connectivity index (χ2v) is 4.33. The zero-order chi connectivity index (χ0) is 9.14. The van der Waals surface area contributed by atoms with Crippen LogP contribution >= 0.6 is 0 Å². The van der Waals surface area contributed by atoms with Crippen molar-refractivity contribution in [2.24, 2.45) is 0 Å². The van der Waals surface area contributed by atoms with E-state index in [1.165, 1.54) is 25.7 Å². The molecule has 0 aromatic carbocycles. The van der Waals surface area contributed by atoms with Gasteiger partial charge in [-0.1, -0.05) is 13.3 Å². The molecule has 1 aliphatic rings. The minimum atomic E-state index is 0.773. The Balaban J connectivity index is 2.56. The molecule has 3 unspecified atom stereocenters. The van der Waals surface area contributed by atoms with Gasteiger partial charge >= 0.3 is 0 Å². The number of likely N-dealkylation sites (tertiary alicyclic amines) is 1. The summed E-state index contributed by atoms with van der Waals surface area (Å²) >= 11 is 0. The molecular weight excluding hydrogens is 146 g/mol. The first-order valence-electron chi connectivity index (χ1n) is 5.44. The first kappa shape index (κ1) is 10.0. The quantitative estimate of drug-likeness (QED) is 0.614. The maximum atomic E-state index is 2.70. The summed E-state index contributed by atoms with van der Waals surface area (Å²) in [4.78, 5) is 2.70. The van der Waals surface area contributed by atoms with Gasteiger partial charge in [-0.15, -0.1) is 0 Å². The molecule has 1 heteroatoms. The third kappa shape index (κ3) is 2.01. The summed E-state index contributed by atoms with van der Waals surface area (Å²) < 4.78 is 0. The van der Waals surface area contributed by atoms with Crippen molar-refractivity contribution in [3.05, 3.63) is 0 Å². The average Bonchev–Trinajstić information content (AvgIpc) is 2.03. The summed E-state index contributed by atoms with van der Waals surface area (Å²) in [6.07, 6.45) is 5.51. The van der Waals surface area contributed by atoms with E-state index in [1.54, 1.807) is 0 Å². The van der Waals surface area contributed by atoms with Gasteiger partial charge in [0, 0.05) is 18.1 Å². The van der Waals surface area contributed by atoms with Crippen LogP contribution in [0.15, 0.2) is 0 Å². The van der Waals surface area contributed by atoms with Crippen molar-refractivity contribution in [3.63, 3.8) is 0 Å². The van der Waals surface area contributed by atoms with Gasteiger partial charge in [0.05, 0.1) is 0 Å². The van der Waals surface area contributed by atoms with Gasteiger partial charge in [-0.3, -0.25) is 4.90 Å². The zero-order valence-corrected chi connectivity index (χ0v) is 9.01. The van der Waals surface area contributed by atoms with Crippen molar-refractivity contribution in [2.45, 2.75) is 71.5 Å². The third-order valence-electron chi connectivity index (χ3n) is 3.36. The predicted octanol–water partition coefficient (Wildman–Crippen LogP) is 3.05. The van der Waals surface area contributed by atoms with Gasteiger partial charge < -0.3 is 0 Å². The van der Waals surface area contributed by atoms with Crippen LogP contribution in [0.1, 0.15) is 53.4 Å². The molecule has 3 atom stereocenters. The molecule has 1 aliphatic heterocycles. The van der Waals surface area contributed by atoms with E-state index in [2.05, 4.69) is 32.6 Å². The molecule has 0 N–H and O–H groups in total. The van der Waals surface area contributed by atoms with E-state index >= 15 is 0 Å². The average molecular weight is 169 g/mol. The molecule has 1 nitrogen and oxygen atoms in total. The van der Waals surface area contributed by atoms with Crippen molar-refractivity contribution in [3.8, 4) is 0 Å². The fourth-order valence-corrected chi connectivity index (χ4v) is 2.52. The van der Waals surface area contributed by atoms with Gasteiger partial charge in [-0.25, -0.2) is 0 Å². The molecule has 1 heterocycles. The lowest BCUT2D eigenvalue weighted by atomic mass is 9.95. The molecule has 0 aromatic heterocycles. The summed E-state index contributed by atoms with van der Waals surface area (Å²) in [6.45, 7) is 9.40. The smallest absolute Gasteiger partial charge is 0.00725 e. The van der Waals surface area contributed by atoms with Gasteiger partial charge in [0.25, 0.3) is 0 Å². The van der Waals surface area contributed by atoms with Crippen molar-refractivity contribution in [2.75, 3.05) is 0 Å². The fourth-order valence-electron chi connectivity index (χ4n) is 2.52. The molecule has 12 heavy (non-hydrogen) atoms. The molecular formula is C11H23N. The van der Waals surface area contributed by atoms with Crippen LogP contribution in [0.5, 0.6) is 0 Å². The summed E-state index contributed by atoms with van der Waals surface area (Å²) in [5, 5.41) is 0. The standard InChI is InChI=1S/C11H23N/c1-5-9(2)12-10(3)7-6-8-11(12)4/h9-11H,5-8H2,1-4H3. The van der Waals surface area contributed by atoms with Crippen molar-refractivity contribution in [1.82, 2.24) is 4.90 Å². The van der Waals surface area contributed by atoms with E-state index in [0.29, 0.717) is 0 Å². The number of hydrogen-bond donors (Lipinski definition) is 0. The Kier molecular flexibility index (Phi) is 3.57. The number of piperidine rings is 1. The summed E-state index contributed by atoms with van der Waals surface area (Å²) in [7, 11) is 0. The van der Waals surface area contributed by atoms with Crippen LogP contribution < -0.4 is 0 Å². The van der Waals surface area contributed by atoms with Crippen LogP contribution in [-0.4, -0.2) is 23.0 Å². The number of hydrogen-bond acceptors (Lipinski definition) is 1. The normalized spacial score (nSPS) is 35.0. The topological polar surface area (TPSA) is 3.24 Å². The molecule has 0 aliphatic carbocycles. The van der Waals surface area contributed by atoms with Gasteiger partial charge in [-0.2, -0.15) is 0 Å². The highest BCUT2D eigenvalue weighted by Crippen LogP contribution is 2.25. The van der Waals surface area contributed by atoms with Crippen molar-refractivity contribution >= 4 is 0 Å². The molecule has 1 saturated heterocycles. The second kappa shape index (κ2) is 4.27. The Morgan fingerprint density at radius 3 is 2.17 bits per heavy atom. The van der Waals surface area contributed by atoms with E-state index in [-0.39, 0.29) is 0 Å². The second-order valence-electron chi connectivity index (χ2n) is 4.33.